The van der Waals surface area contributed by atoms with Gasteiger partial charge in [-0.2, -0.15) is 4.98 Å². The van der Waals surface area contributed by atoms with Gasteiger partial charge in [0.15, 0.2) is 5.78 Å². The fourth-order valence-electron chi connectivity index (χ4n) is 4.46. The molecule has 1 unspecified atom stereocenters. The van der Waals surface area contributed by atoms with E-state index in [1.807, 2.05) is 0 Å². The largest absolute Gasteiger partial charge is 0.587 e. The van der Waals surface area contributed by atoms with Crippen LogP contribution in [0, 0.1) is 5.92 Å². The van der Waals surface area contributed by atoms with Crippen molar-refractivity contribution in [2.24, 2.45) is 5.92 Å². The molecule has 0 bridgehead atoms. The minimum absolute atomic E-state index is 0.141. The maximum atomic E-state index is 16.0. The maximum Gasteiger partial charge on any atom is 0.587 e. The number of nitrogens with zero attached hydrogens (tertiary/aromatic N) is 2. The van der Waals surface area contributed by atoms with Crippen LogP contribution in [0.4, 0.5) is 14.6 Å². The minimum atomic E-state index is -4.49. The Labute approximate surface area is 239 Å². The molecule has 0 aliphatic carbocycles. The lowest BCUT2D eigenvalue weighted by Gasteiger charge is -2.24. The summed E-state index contributed by atoms with van der Waals surface area (Å²) in [6, 6.07) is 25.1. The number of phosphoric acid groups is 1. The maximum absolute atomic E-state index is 16.0. The third kappa shape index (κ3) is 6.57. The second-order valence-corrected chi connectivity index (χ2v) is 10.9. The molecule has 1 aliphatic heterocycles. The number of benzene rings is 3. The van der Waals surface area contributed by atoms with Gasteiger partial charge in [-0.05, 0) is 30.3 Å². The number of nitrogen functional groups attached to an aromatic ring is 1. The van der Waals surface area contributed by atoms with Gasteiger partial charge in [0.1, 0.15) is 17.3 Å². The highest BCUT2D eigenvalue weighted by molar-refractivity contribution is 7.49. The van der Waals surface area contributed by atoms with Crippen molar-refractivity contribution in [2.75, 3.05) is 12.3 Å². The minimum Gasteiger partial charge on any atom is -0.395 e. The Kier molecular flexibility index (Phi) is 8.49. The quantitative estimate of drug-likeness (QED) is 0.175. The van der Waals surface area contributed by atoms with Crippen LogP contribution >= 0.6 is 7.82 Å². The van der Waals surface area contributed by atoms with Gasteiger partial charge in [-0.3, -0.25) is 13.9 Å². The number of rotatable bonds is 11. The van der Waals surface area contributed by atoms with Gasteiger partial charge in [0.05, 0.1) is 18.6 Å². The molecule has 2 heterocycles. The number of carbonyl (C=O) groups excluding carboxylic acids is 1. The number of ether oxygens (including phenoxy) is 1. The standard InChI is InChI=1S/C29H26F2N3O7P/c30-29(31)23(18-24(35)20-10-4-1-5-11-20)25(39-27(29)34-17-16-26(32)33-28(34)36)19-38-42(37,40-21-12-6-2-7-13-21)41-22-14-8-3-9-15-22/h1-17,23,25,27H,18-19H2,(H2,32,33,36)/t23-,25?,27-/m1/s1. The van der Waals surface area contributed by atoms with Crippen LogP contribution in [0.1, 0.15) is 23.0 Å². The fourth-order valence-corrected chi connectivity index (χ4v) is 5.69. The second kappa shape index (κ2) is 12.2. The number of hydrogen-bond donors (Lipinski definition) is 1. The molecule has 42 heavy (non-hydrogen) atoms. The van der Waals surface area contributed by atoms with E-state index in [2.05, 4.69) is 4.98 Å². The van der Waals surface area contributed by atoms with E-state index in [1.54, 1.807) is 54.6 Å². The average Bonchev–Trinajstić information content (AvgIpc) is 3.22. The van der Waals surface area contributed by atoms with Gasteiger partial charge < -0.3 is 19.5 Å². The molecule has 218 valence electrons. The van der Waals surface area contributed by atoms with Gasteiger partial charge in [-0.1, -0.05) is 66.7 Å². The summed E-state index contributed by atoms with van der Waals surface area (Å²) < 4.78 is 68.8. The first kappa shape index (κ1) is 29.1. The first-order valence-electron chi connectivity index (χ1n) is 12.8. The SMILES string of the molecule is Nc1ccn([C@@H]2OC(COP(=O)(Oc3ccccc3)Oc3ccccc3)[C@@H](CC(=O)c3ccccc3)C2(F)F)c(=O)n1. The monoisotopic (exact) mass is 597 g/mol. The lowest BCUT2D eigenvalue weighted by molar-refractivity contribution is -0.127. The highest BCUT2D eigenvalue weighted by Gasteiger charge is 2.60. The molecule has 1 saturated heterocycles. The smallest absolute Gasteiger partial charge is 0.395 e. The molecule has 2 N–H and O–H groups in total. The molecule has 0 amide bonds. The molecule has 0 radical (unpaired) electrons. The molecule has 10 nitrogen and oxygen atoms in total. The van der Waals surface area contributed by atoms with Crippen LogP contribution in [-0.2, 0) is 13.8 Å². The number of anilines is 1. The molecule has 3 atom stereocenters. The van der Waals surface area contributed by atoms with Crippen molar-refractivity contribution in [3.8, 4) is 11.5 Å². The number of ketones is 1. The Balaban J connectivity index is 1.45. The number of phosphoric ester groups is 1. The summed E-state index contributed by atoms with van der Waals surface area (Å²) in [5, 5.41) is 0. The number of hydrogen-bond acceptors (Lipinski definition) is 9. The Morgan fingerprint density at radius 2 is 1.48 bits per heavy atom. The predicted octanol–water partition coefficient (Wildman–Crippen LogP) is 5.53. The summed E-state index contributed by atoms with van der Waals surface area (Å²) in [5.74, 6) is -6.01. The van der Waals surface area contributed by atoms with Crippen molar-refractivity contribution in [2.45, 2.75) is 24.7 Å². The highest BCUT2D eigenvalue weighted by Crippen LogP contribution is 2.53. The van der Waals surface area contributed by atoms with Gasteiger partial charge in [0.2, 0.25) is 6.23 Å². The van der Waals surface area contributed by atoms with E-state index >= 15 is 8.78 Å². The average molecular weight is 598 g/mol. The van der Waals surface area contributed by atoms with E-state index in [9.17, 15) is 14.2 Å². The van der Waals surface area contributed by atoms with E-state index in [-0.39, 0.29) is 22.9 Å². The Morgan fingerprint density at radius 1 is 0.929 bits per heavy atom. The third-order valence-electron chi connectivity index (χ3n) is 6.50. The van der Waals surface area contributed by atoms with Gasteiger partial charge >= 0.3 is 13.5 Å². The molecule has 1 aliphatic rings. The summed E-state index contributed by atoms with van der Waals surface area (Å²) in [7, 11) is -4.49. The van der Waals surface area contributed by atoms with E-state index < -0.39 is 56.5 Å². The predicted molar refractivity (Wildman–Crippen MR) is 148 cm³/mol. The molecule has 0 spiro atoms. The number of halogens is 2. The second-order valence-electron chi connectivity index (χ2n) is 9.40. The molecule has 1 aromatic heterocycles. The number of Topliss-reactive ketones (excluding diaryl/α,β-unsaturated/α-hetero) is 1. The summed E-state index contributed by atoms with van der Waals surface area (Å²) in [6.45, 7) is -0.729. The number of carbonyl (C=O) groups is 1. The van der Waals surface area contributed by atoms with E-state index in [0.717, 1.165) is 6.20 Å². The zero-order chi connectivity index (χ0) is 29.7. The number of alkyl halides is 2. The van der Waals surface area contributed by atoms with Gasteiger partial charge in [-0.25, -0.2) is 18.1 Å². The summed E-state index contributed by atoms with van der Waals surface area (Å²) >= 11 is 0. The summed E-state index contributed by atoms with van der Waals surface area (Å²) in [5.41, 5.74) is 4.67. The van der Waals surface area contributed by atoms with Crippen LogP contribution in [0.3, 0.4) is 0 Å². The van der Waals surface area contributed by atoms with E-state index in [0.29, 0.717) is 4.57 Å². The molecule has 4 aromatic rings. The summed E-state index contributed by atoms with van der Waals surface area (Å²) in [4.78, 5) is 29.0. The van der Waals surface area contributed by atoms with Crippen LogP contribution < -0.4 is 20.5 Å². The molecular weight excluding hydrogens is 571 g/mol. The number of para-hydroxylation sites is 2. The Bertz CT molecular complexity index is 1580. The Morgan fingerprint density at radius 3 is 2.02 bits per heavy atom. The van der Waals surface area contributed by atoms with Crippen LogP contribution in [0.2, 0.25) is 0 Å². The van der Waals surface area contributed by atoms with Crippen molar-refractivity contribution in [1.82, 2.24) is 9.55 Å². The lowest BCUT2D eigenvalue weighted by Crippen LogP contribution is -2.39. The van der Waals surface area contributed by atoms with Crippen molar-refractivity contribution < 1.29 is 36.4 Å². The molecule has 13 heteroatoms. The highest BCUT2D eigenvalue weighted by atomic mass is 31.2. The van der Waals surface area contributed by atoms with Crippen LogP contribution in [0.5, 0.6) is 11.5 Å². The zero-order valence-electron chi connectivity index (χ0n) is 22.0. The van der Waals surface area contributed by atoms with Crippen LogP contribution in [0.15, 0.2) is 108 Å². The van der Waals surface area contributed by atoms with Crippen molar-refractivity contribution in [1.29, 1.82) is 0 Å². The van der Waals surface area contributed by atoms with Crippen LogP contribution in [-0.4, -0.2) is 34.0 Å². The molecule has 0 saturated carbocycles. The van der Waals surface area contributed by atoms with E-state index in [1.165, 1.54) is 42.5 Å². The van der Waals surface area contributed by atoms with Crippen molar-refractivity contribution in [3.63, 3.8) is 0 Å². The molecule has 1 fully saturated rings. The molecule has 5 rings (SSSR count). The molecule has 3 aromatic carbocycles. The zero-order valence-corrected chi connectivity index (χ0v) is 22.9. The third-order valence-corrected chi connectivity index (χ3v) is 7.83. The first-order chi connectivity index (χ1) is 20.1. The fraction of sp³-hybridized carbons (Fsp3) is 0.207. The Hall–Kier alpha value is -4.38. The number of nitrogens with two attached hydrogens (primary N) is 1. The lowest BCUT2D eigenvalue weighted by atomic mass is 9.89. The van der Waals surface area contributed by atoms with Gasteiger partial charge in [0, 0.05) is 18.2 Å². The number of aromatic nitrogens is 2. The van der Waals surface area contributed by atoms with Crippen molar-refractivity contribution in [3.05, 3.63) is 119 Å². The van der Waals surface area contributed by atoms with E-state index in [4.69, 9.17) is 24.0 Å². The van der Waals surface area contributed by atoms with Gasteiger partial charge in [0.25, 0.3) is 5.92 Å². The van der Waals surface area contributed by atoms with Crippen LogP contribution in [0.25, 0.3) is 0 Å². The first-order valence-corrected chi connectivity index (χ1v) is 14.3. The normalized spacial score (nSPS) is 19.7. The topological polar surface area (TPSA) is 132 Å². The summed E-state index contributed by atoms with van der Waals surface area (Å²) in [6.07, 6.45) is -3.30. The van der Waals surface area contributed by atoms with Gasteiger partial charge in [-0.15, -0.1) is 0 Å². The van der Waals surface area contributed by atoms with Crippen molar-refractivity contribution >= 4 is 19.4 Å². The molecular formula is C29H26F2N3O7P.